The van der Waals surface area contributed by atoms with E-state index < -0.39 is 10.7 Å². The van der Waals surface area contributed by atoms with Gasteiger partial charge in [-0.15, -0.1) is 0 Å². The Kier molecular flexibility index (Phi) is 4.44. The van der Waals surface area contributed by atoms with Gasteiger partial charge in [-0.25, -0.2) is 4.39 Å². The monoisotopic (exact) mass is 305 g/mol. The third kappa shape index (κ3) is 3.73. The zero-order valence-electron chi connectivity index (χ0n) is 11.1. The highest BCUT2D eigenvalue weighted by Gasteiger charge is 2.15. The summed E-state index contributed by atoms with van der Waals surface area (Å²) in [6, 6.07) is 10.7. The summed E-state index contributed by atoms with van der Waals surface area (Å²) < 4.78 is 13.1. The number of nitro groups is 1. The lowest BCUT2D eigenvalue weighted by atomic mass is 10.2. The molecular weight excluding hydrogens is 293 g/mol. The molecule has 5 nitrogen and oxygen atoms in total. The van der Waals surface area contributed by atoms with E-state index in [0.29, 0.717) is 0 Å². The van der Waals surface area contributed by atoms with Crippen LogP contribution in [0.5, 0.6) is 0 Å². The molecule has 0 saturated carbocycles. The van der Waals surface area contributed by atoms with Crippen LogP contribution < -0.4 is 10.6 Å². The number of benzene rings is 2. The van der Waals surface area contributed by atoms with Crippen LogP contribution in [0.1, 0.15) is 5.56 Å². The lowest BCUT2D eigenvalue weighted by Crippen LogP contribution is -2.20. The van der Waals surface area contributed by atoms with Crippen molar-refractivity contribution < 1.29 is 9.31 Å². The molecule has 0 fully saturated rings. The first-order chi connectivity index (χ1) is 9.97. The average Bonchev–Trinajstić information content (AvgIpc) is 2.43. The Hall–Kier alpha value is -2.54. The van der Waals surface area contributed by atoms with Gasteiger partial charge in [0.15, 0.2) is 5.11 Å². The van der Waals surface area contributed by atoms with Crippen molar-refractivity contribution in [2.75, 3.05) is 10.6 Å². The molecule has 2 rings (SSSR count). The van der Waals surface area contributed by atoms with Gasteiger partial charge in [-0.3, -0.25) is 10.1 Å². The Balaban J connectivity index is 2.17. The number of hydrogen-bond donors (Lipinski definition) is 2. The smallest absolute Gasteiger partial charge is 0.295 e. The fourth-order valence-corrected chi connectivity index (χ4v) is 1.97. The molecular formula is C14H12FN3O2S. The van der Waals surface area contributed by atoms with Crippen molar-refractivity contribution in [1.29, 1.82) is 0 Å². The van der Waals surface area contributed by atoms with Crippen LogP contribution >= 0.6 is 12.2 Å². The molecule has 0 radical (unpaired) electrons. The Labute approximate surface area is 125 Å². The zero-order valence-corrected chi connectivity index (χ0v) is 11.9. The van der Waals surface area contributed by atoms with Gasteiger partial charge < -0.3 is 10.6 Å². The summed E-state index contributed by atoms with van der Waals surface area (Å²) in [5, 5.41) is 16.7. The van der Waals surface area contributed by atoms with E-state index in [1.54, 1.807) is 0 Å². The van der Waals surface area contributed by atoms with Crippen LogP contribution in [-0.2, 0) is 0 Å². The molecule has 2 N–H and O–H groups in total. The number of anilines is 2. The van der Waals surface area contributed by atoms with E-state index in [-0.39, 0.29) is 16.5 Å². The second-order valence-electron chi connectivity index (χ2n) is 4.31. The van der Waals surface area contributed by atoms with Crippen LogP contribution in [0.2, 0.25) is 0 Å². The van der Waals surface area contributed by atoms with Crippen LogP contribution in [0.3, 0.4) is 0 Å². The molecule has 0 aromatic heterocycles. The highest BCUT2D eigenvalue weighted by Crippen LogP contribution is 2.25. The molecule has 2 aromatic carbocycles. The Morgan fingerprint density at radius 2 is 1.86 bits per heavy atom. The lowest BCUT2D eigenvalue weighted by Gasteiger charge is -2.12. The normalized spacial score (nSPS) is 10.0. The molecule has 0 aliphatic rings. The third-order valence-corrected chi connectivity index (χ3v) is 3.00. The van der Waals surface area contributed by atoms with Crippen LogP contribution in [0.25, 0.3) is 0 Å². The Morgan fingerprint density at radius 1 is 1.19 bits per heavy atom. The van der Waals surface area contributed by atoms with Gasteiger partial charge in [-0.2, -0.15) is 0 Å². The van der Waals surface area contributed by atoms with Crippen LogP contribution in [-0.4, -0.2) is 10.0 Å². The molecule has 0 heterocycles. The molecule has 0 bridgehead atoms. The van der Waals surface area contributed by atoms with E-state index in [9.17, 15) is 14.5 Å². The van der Waals surface area contributed by atoms with Crippen LogP contribution in [0, 0.1) is 22.9 Å². The van der Waals surface area contributed by atoms with Gasteiger partial charge in [0.25, 0.3) is 5.69 Å². The van der Waals surface area contributed by atoms with E-state index in [4.69, 9.17) is 12.2 Å². The quantitative estimate of drug-likeness (QED) is 0.512. The first kappa shape index (κ1) is 14.9. The highest BCUT2D eigenvalue weighted by atomic mass is 32.1. The fourth-order valence-electron chi connectivity index (χ4n) is 1.75. The van der Waals surface area contributed by atoms with Gasteiger partial charge in [0.1, 0.15) is 11.5 Å². The number of nitrogens with one attached hydrogen (secondary N) is 2. The number of halogens is 1. The molecule has 0 saturated heterocycles. The predicted octanol–water partition coefficient (Wildman–Crippen LogP) is 3.85. The Morgan fingerprint density at radius 3 is 2.52 bits per heavy atom. The zero-order chi connectivity index (χ0) is 15.4. The molecule has 0 aliphatic heterocycles. The maximum atomic E-state index is 13.1. The summed E-state index contributed by atoms with van der Waals surface area (Å²) in [5.74, 6) is -0.676. The number of nitro benzene ring substituents is 1. The number of nitrogens with zero attached hydrogens (tertiary/aromatic N) is 1. The third-order valence-electron chi connectivity index (χ3n) is 2.80. The number of aryl methyl sites for hydroxylation is 1. The van der Waals surface area contributed by atoms with Crippen LogP contribution in [0.15, 0.2) is 42.5 Å². The van der Waals surface area contributed by atoms with Gasteiger partial charge in [-0.05, 0) is 42.9 Å². The first-order valence-electron chi connectivity index (χ1n) is 6.05. The molecule has 0 atom stereocenters. The maximum absolute atomic E-state index is 13.1. The minimum absolute atomic E-state index is 0.132. The summed E-state index contributed by atoms with van der Waals surface area (Å²) in [6.07, 6.45) is 0. The predicted molar refractivity (Wildman–Crippen MR) is 84.1 cm³/mol. The van der Waals surface area contributed by atoms with Crippen molar-refractivity contribution in [2.24, 2.45) is 0 Å². The van der Waals surface area contributed by atoms with Crippen LogP contribution in [0.4, 0.5) is 21.5 Å². The van der Waals surface area contributed by atoms with Gasteiger partial charge in [0, 0.05) is 5.69 Å². The average molecular weight is 305 g/mol. The minimum Gasteiger partial charge on any atom is -0.332 e. The van der Waals surface area contributed by atoms with Gasteiger partial charge >= 0.3 is 0 Å². The highest BCUT2D eigenvalue weighted by molar-refractivity contribution is 7.80. The molecule has 0 amide bonds. The number of thiocarbonyl (C=S) groups is 1. The van der Waals surface area contributed by atoms with E-state index in [0.717, 1.165) is 23.4 Å². The van der Waals surface area contributed by atoms with Gasteiger partial charge in [0.05, 0.1) is 11.0 Å². The largest absolute Gasteiger partial charge is 0.332 e. The van der Waals surface area contributed by atoms with E-state index in [2.05, 4.69) is 10.6 Å². The Bertz CT molecular complexity index is 706. The standard InChI is InChI=1S/C14H12FN3O2S/c1-9-4-2-3-5-11(9)16-14(21)17-12-7-6-10(15)8-13(12)18(19)20/h2-8H,1H3,(H2,16,17,21). The minimum atomic E-state index is -0.676. The molecule has 21 heavy (non-hydrogen) atoms. The topological polar surface area (TPSA) is 67.2 Å². The second-order valence-corrected chi connectivity index (χ2v) is 4.72. The van der Waals surface area contributed by atoms with Crippen molar-refractivity contribution in [3.63, 3.8) is 0 Å². The van der Waals surface area contributed by atoms with Crippen molar-refractivity contribution in [2.45, 2.75) is 6.92 Å². The van der Waals surface area contributed by atoms with Crippen molar-refractivity contribution in [1.82, 2.24) is 0 Å². The summed E-state index contributed by atoms with van der Waals surface area (Å²) in [5.41, 5.74) is 1.53. The van der Waals surface area contributed by atoms with E-state index >= 15 is 0 Å². The molecule has 2 aromatic rings. The lowest BCUT2D eigenvalue weighted by molar-refractivity contribution is -0.384. The SMILES string of the molecule is Cc1ccccc1NC(=S)Nc1ccc(F)cc1[N+](=O)[O-]. The van der Waals surface area contributed by atoms with Crippen molar-refractivity contribution in [3.8, 4) is 0 Å². The van der Waals surface area contributed by atoms with Crippen molar-refractivity contribution in [3.05, 3.63) is 64.0 Å². The van der Waals surface area contributed by atoms with Crippen molar-refractivity contribution >= 4 is 34.4 Å². The maximum Gasteiger partial charge on any atom is 0.295 e. The molecule has 108 valence electrons. The molecule has 7 heteroatoms. The summed E-state index contributed by atoms with van der Waals surface area (Å²) in [6.45, 7) is 1.91. The van der Waals surface area contributed by atoms with Gasteiger partial charge in [0.2, 0.25) is 0 Å². The van der Waals surface area contributed by atoms with E-state index in [1.165, 1.54) is 6.07 Å². The second kappa shape index (κ2) is 6.27. The molecule has 0 unspecified atom stereocenters. The fraction of sp³-hybridized carbons (Fsp3) is 0.0714. The number of hydrogen-bond acceptors (Lipinski definition) is 3. The number of rotatable bonds is 3. The first-order valence-corrected chi connectivity index (χ1v) is 6.46. The number of para-hydroxylation sites is 1. The summed E-state index contributed by atoms with van der Waals surface area (Å²) >= 11 is 5.12. The molecule has 0 spiro atoms. The summed E-state index contributed by atoms with van der Waals surface area (Å²) in [7, 11) is 0. The molecule has 0 aliphatic carbocycles. The summed E-state index contributed by atoms with van der Waals surface area (Å²) in [4.78, 5) is 10.2. The van der Waals surface area contributed by atoms with Gasteiger partial charge in [-0.1, -0.05) is 18.2 Å². The van der Waals surface area contributed by atoms with E-state index in [1.807, 2.05) is 31.2 Å².